The number of nitriles is 2. The third-order valence-corrected chi connectivity index (χ3v) is 9.61. The maximum atomic E-state index is 13.0. The van der Waals surface area contributed by atoms with Gasteiger partial charge < -0.3 is 10.6 Å². The zero-order chi connectivity index (χ0) is 38.9. The second-order valence-electron chi connectivity index (χ2n) is 15.2. The molecule has 0 saturated carbocycles. The number of hydrogen-bond acceptors (Lipinski definition) is 6. The Bertz CT molecular complexity index is 1620. The van der Waals surface area contributed by atoms with Gasteiger partial charge in [0.2, 0.25) is 0 Å². The van der Waals surface area contributed by atoms with Crippen molar-refractivity contribution in [3.63, 3.8) is 0 Å². The van der Waals surface area contributed by atoms with E-state index in [4.69, 9.17) is 10.5 Å². The Labute approximate surface area is 314 Å². The van der Waals surface area contributed by atoms with E-state index < -0.39 is 0 Å². The fraction of sp³-hybridized carbons (Fsp3) is 0.435. The van der Waals surface area contributed by atoms with Gasteiger partial charge in [-0.15, -0.1) is 0 Å². The fourth-order valence-electron chi connectivity index (χ4n) is 6.63. The molecule has 0 aromatic rings. The maximum Gasteiger partial charge on any atom is 0.175 e. The molecule has 0 aromatic carbocycles. The number of hydrogen-bond donors (Lipinski definition) is 2. The highest BCUT2D eigenvalue weighted by Gasteiger charge is 2.38. The third-order valence-electron chi connectivity index (χ3n) is 9.61. The lowest BCUT2D eigenvalue weighted by Gasteiger charge is -2.37. The van der Waals surface area contributed by atoms with E-state index in [1.54, 1.807) is 0 Å². The van der Waals surface area contributed by atoms with Crippen LogP contribution in [-0.4, -0.2) is 36.7 Å². The van der Waals surface area contributed by atoms with E-state index >= 15 is 0 Å². The molecule has 6 nitrogen and oxygen atoms in total. The van der Waals surface area contributed by atoms with Crippen LogP contribution in [0.3, 0.4) is 0 Å². The third kappa shape index (κ3) is 13.8. The van der Waals surface area contributed by atoms with E-state index in [0.717, 1.165) is 44.6 Å². The second-order valence-corrected chi connectivity index (χ2v) is 15.2. The standard InChI is InChI=1S/C46H60N4O2/c1-33(19-13-21-35(3)23-25-39-37(5)43(51)41(31-45(39,7)8)49-29-15-27-47)17-11-12-18-34(2)20-14-22-36(4)24-26-40-38(6)44(52)42(32-46(40,9)10)50-30-16-28-48/h11-14,17-26,41-42,49-50H,15-16,29-32H2,1-10H3. The highest BCUT2D eigenvalue weighted by atomic mass is 16.1. The summed E-state index contributed by atoms with van der Waals surface area (Å²) < 4.78 is 0. The molecule has 2 atom stereocenters. The first-order valence-corrected chi connectivity index (χ1v) is 18.3. The topological polar surface area (TPSA) is 106 Å². The van der Waals surface area contributed by atoms with Crippen LogP contribution in [0.2, 0.25) is 0 Å². The maximum absolute atomic E-state index is 13.0. The molecule has 52 heavy (non-hydrogen) atoms. The summed E-state index contributed by atoms with van der Waals surface area (Å²) in [7, 11) is 0. The van der Waals surface area contributed by atoms with Crippen molar-refractivity contribution >= 4 is 11.6 Å². The summed E-state index contributed by atoms with van der Waals surface area (Å²) in [6.07, 6.45) is 31.1. The van der Waals surface area contributed by atoms with Gasteiger partial charge in [-0.05, 0) is 87.5 Å². The van der Waals surface area contributed by atoms with Gasteiger partial charge >= 0.3 is 0 Å². The first-order chi connectivity index (χ1) is 24.5. The van der Waals surface area contributed by atoms with Crippen molar-refractivity contribution in [2.45, 2.75) is 107 Å². The van der Waals surface area contributed by atoms with Gasteiger partial charge in [-0.2, -0.15) is 10.5 Å². The number of carbonyl (C=O) groups excluding carboxylic acids is 2. The molecule has 0 aliphatic heterocycles. The normalized spacial score (nSPS) is 22.2. The number of Topliss-reactive ketones (excluding diaryl/α,β-unsaturated/α-hetero) is 2. The van der Waals surface area contributed by atoms with Crippen LogP contribution in [0.1, 0.15) is 94.9 Å². The van der Waals surface area contributed by atoms with E-state index in [2.05, 4.69) is 139 Å². The molecule has 0 saturated heterocycles. The zero-order valence-corrected chi connectivity index (χ0v) is 33.2. The molecule has 6 heteroatoms. The second kappa shape index (κ2) is 21.0. The number of rotatable bonds is 16. The molecule has 0 amide bonds. The SMILES string of the molecule is CC(C=CC=C(C)C=CC1=C(C)C(=O)C(NCCC#N)CC1(C)C)=CC=CC=C(C)C=CC=C(C)C=CC1=C(C)C(=O)C(NCCC#N)CC1(C)C. The molecule has 2 aliphatic carbocycles. The van der Waals surface area contributed by atoms with Gasteiger partial charge in [0.25, 0.3) is 0 Å². The van der Waals surface area contributed by atoms with Crippen LogP contribution in [0.4, 0.5) is 0 Å². The molecule has 0 aromatic heterocycles. The Morgan fingerprint density at radius 3 is 1.29 bits per heavy atom. The Hall–Kier alpha value is -4.62. The minimum absolute atomic E-state index is 0.119. The summed E-state index contributed by atoms with van der Waals surface area (Å²) >= 11 is 0. The predicted molar refractivity (Wildman–Crippen MR) is 217 cm³/mol. The van der Waals surface area contributed by atoms with Crippen molar-refractivity contribution in [2.75, 3.05) is 13.1 Å². The zero-order valence-electron chi connectivity index (χ0n) is 33.2. The Kier molecular flexibility index (Phi) is 17.6. The summed E-state index contributed by atoms with van der Waals surface area (Å²) in [6.45, 7) is 21.8. The van der Waals surface area contributed by atoms with Crippen LogP contribution in [-0.2, 0) is 9.59 Å². The van der Waals surface area contributed by atoms with Gasteiger partial charge in [-0.25, -0.2) is 0 Å². The lowest BCUT2D eigenvalue weighted by molar-refractivity contribution is -0.119. The first-order valence-electron chi connectivity index (χ1n) is 18.3. The average molecular weight is 701 g/mol. The monoisotopic (exact) mass is 700 g/mol. The van der Waals surface area contributed by atoms with Crippen molar-refractivity contribution in [3.05, 3.63) is 130 Å². The Morgan fingerprint density at radius 1 is 0.615 bits per heavy atom. The van der Waals surface area contributed by atoms with Gasteiger partial charge in [0.1, 0.15) is 0 Å². The molecule has 2 aliphatic rings. The molecule has 0 heterocycles. The summed E-state index contributed by atoms with van der Waals surface area (Å²) in [5.41, 5.74) is 7.87. The Morgan fingerprint density at radius 2 is 0.942 bits per heavy atom. The van der Waals surface area contributed by atoms with Crippen molar-refractivity contribution in [1.29, 1.82) is 10.5 Å². The van der Waals surface area contributed by atoms with Gasteiger partial charge in [-0.1, -0.05) is 135 Å². The minimum atomic E-state index is -0.239. The number of ketones is 2. The lowest BCUT2D eigenvalue weighted by atomic mass is 9.70. The van der Waals surface area contributed by atoms with Gasteiger partial charge in [0.05, 0.1) is 24.2 Å². The van der Waals surface area contributed by atoms with Crippen LogP contribution in [0.25, 0.3) is 0 Å². The average Bonchev–Trinajstić information content (AvgIpc) is 3.07. The molecule has 0 radical (unpaired) electrons. The highest BCUT2D eigenvalue weighted by molar-refractivity contribution is 6.02. The van der Waals surface area contributed by atoms with Crippen molar-refractivity contribution < 1.29 is 9.59 Å². The van der Waals surface area contributed by atoms with Crippen molar-refractivity contribution in [3.8, 4) is 12.1 Å². The summed E-state index contributed by atoms with van der Waals surface area (Å²) in [4.78, 5) is 25.9. The number of allylic oxidation sites excluding steroid dienone is 20. The predicted octanol–water partition coefficient (Wildman–Crippen LogP) is 9.93. The van der Waals surface area contributed by atoms with Crippen molar-refractivity contribution in [2.24, 2.45) is 10.8 Å². The molecule has 0 fully saturated rings. The lowest BCUT2D eigenvalue weighted by Crippen LogP contribution is -2.45. The molecule has 0 spiro atoms. The molecular formula is C46H60N4O2. The van der Waals surface area contributed by atoms with Crippen LogP contribution >= 0.6 is 0 Å². The molecule has 276 valence electrons. The minimum Gasteiger partial charge on any atom is -0.306 e. The Balaban J connectivity index is 1.96. The molecule has 0 bridgehead atoms. The number of nitrogens with zero attached hydrogens (tertiary/aromatic N) is 2. The summed E-state index contributed by atoms with van der Waals surface area (Å²) in [5, 5.41) is 24.2. The van der Waals surface area contributed by atoms with E-state index in [9.17, 15) is 9.59 Å². The number of carbonyl (C=O) groups is 2. The van der Waals surface area contributed by atoms with Crippen LogP contribution in [0.15, 0.2) is 130 Å². The fourth-order valence-corrected chi connectivity index (χ4v) is 6.63. The molecule has 2 N–H and O–H groups in total. The van der Waals surface area contributed by atoms with E-state index in [0.29, 0.717) is 38.8 Å². The van der Waals surface area contributed by atoms with E-state index in [-0.39, 0.29) is 34.5 Å². The van der Waals surface area contributed by atoms with E-state index in [1.165, 1.54) is 0 Å². The smallest absolute Gasteiger partial charge is 0.175 e. The van der Waals surface area contributed by atoms with Gasteiger partial charge in [-0.3, -0.25) is 9.59 Å². The van der Waals surface area contributed by atoms with Crippen LogP contribution in [0.5, 0.6) is 0 Å². The highest BCUT2D eigenvalue weighted by Crippen LogP contribution is 2.41. The summed E-state index contributed by atoms with van der Waals surface area (Å²) in [5.74, 6) is 0.239. The van der Waals surface area contributed by atoms with Crippen LogP contribution in [0, 0.1) is 33.5 Å². The largest absolute Gasteiger partial charge is 0.306 e. The van der Waals surface area contributed by atoms with Gasteiger partial charge in [0.15, 0.2) is 11.6 Å². The summed E-state index contributed by atoms with van der Waals surface area (Å²) in [6, 6.07) is 3.78. The quantitative estimate of drug-likeness (QED) is 0.123. The molecule has 2 unspecified atom stereocenters. The number of nitrogens with one attached hydrogen (secondary N) is 2. The molecular weight excluding hydrogens is 641 g/mol. The van der Waals surface area contributed by atoms with Crippen LogP contribution < -0.4 is 10.6 Å². The van der Waals surface area contributed by atoms with Crippen molar-refractivity contribution in [1.82, 2.24) is 10.6 Å². The molecule has 2 rings (SSSR count). The van der Waals surface area contributed by atoms with Gasteiger partial charge in [0, 0.05) is 25.9 Å². The first kappa shape index (κ1) is 43.5. The van der Waals surface area contributed by atoms with E-state index in [1.807, 2.05) is 38.2 Å².